The summed E-state index contributed by atoms with van der Waals surface area (Å²) in [6.07, 6.45) is 3.40. The van der Waals surface area contributed by atoms with Crippen molar-refractivity contribution in [1.82, 2.24) is 19.7 Å². The fourth-order valence-corrected chi connectivity index (χ4v) is 2.70. The topological polar surface area (TPSA) is 94.0 Å². The van der Waals surface area contributed by atoms with Crippen LogP contribution in [0.15, 0.2) is 67.0 Å². The highest BCUT2D eigenvalue weighted by Crippen LogP contribution is 2.23. The molecular formula is C21H16F2N6O2. The predicted octanol–water partition coefficient (Wildman–Crippen LogP) is 4.69. The van der Waals surface area contributed by atoms with E-state index in [1.54, 1.807) is 60.4 Å². The van der Waals surface area contributed by atoms with Gasteiger partial charge in [0, 0.05) is 30.2 Å². The lowest BCUT2D eigenvalue weighted by Crippen LogP contribution is -2.20. The van der Waals surface area contributed by atoms with Crippen LogP contribution < -0.4 is 15.4 Å². The molecule has 0 spiro atoms. The van der Waals surface area contributed by atoms with Gasteiger partial charge in [-0.25, -0.2) is 23.2 Å². The zero-order chi connectivity index (χ0) is 21.8. The Bertz CT molecular complexity index is 1210. The first-order valence-electron chi connectivity index (χ1n) is 9.13. The third-order valence-electron chi connectivity index (χ3n) is 4.05. The first kappa shape index (κ1) is 20.0. The highest BCUT2D eigenvalue weighted by Gasteiger charge is 2.10. The van der Waals surface area contributed by atoms with Gasteiger partial charge in [0.2, 0.25) is 5.88 Å². The molecule has 0 radical (unpaired) electrons. The van der Waals surface area contributed by atoms with Gasteiger partial charge in [-0.05, 0) is 49.4 Å². The van der Waals surface area contributed by atoms with Crippen molar-refractivity contribution in [2.45, 2.75) is 6.92 Å². The first-order valence-corrected chi connectivity index (χ1v) is 9.13. The summed E-state index contributed by atoms with van der Waals surface area (Å²) >= 11 is 0. The van der Waals surface area contributed by atoms with Crippen LogP contribution in [0.1, 0.15) is 5.82 Å². The first-order chi connectivity index (χ1) is 15.0. The number of hydrogen-bond acceptors (Lipinski definition) is 5. The van der Waals surface area contributed by atoms with Crippen LogP contribution in [-0.4, -0.2) is 25.8 Å². The van der Waals surface area contributed by atoms with E-state index in [0.29, 0.717) is 29.0 Å². The van der Waals surface area contributed by atoms with Gasteiger partial charge in [0.1, 0.15) is 23.2 Å². The van der Waals surface area contributed by atoms with E-state index in [2.05, 4.69) is 25.7 Å². The number of rotatable bonds is 5. The average molecular weight is 422 g/mol. The van der Waals surface area contributed by atoms with Crippen LogP contribution in [0.5, 0.6) is 11.6 Å². The second kappa shape index (κ2) is 8.57. The number of hydrogen-bond donors (Lipinski definition) is 2. The van der Waals surface area contributed by atoms with Crippen LogP contribution in [0.2, 0.25) is 0 Å². The highest BCUT2D eigenvalue weighted by molar-refractivity contribution is 5.99. The molecule has 156 valence electrons. The zero-order valence-corrected chi connectivity index (χ0v) is 16.2. The SMILES string of the molecule is Cc1nc(Oc2ccc(NC(=O)Nc3cc(F)ccc3F)cc2)cc(-n2cccn2)n1. The Balaban J connectivity index is 1.42. The summed E-state index contributed by atoms with van der Waals surface area (Å²) in [6.45, 7) is 1.74. The number of ether oxygens (including phenoxy) is 1. The molecule has 0 unspecified atom stereocenters. The van der Waals surface area contributed by atoms with E-state index in [1.165, 1.54) is 0 Å². The van der Waals surface area contributed by atoms with Crippen LogP contribution in [0, 0.1) is 18.6 Å². The predicted molar refractivity (Wildman–Crippen MR) is 109 cm³/mol. The summed E-state index contributed by atoms with van der Waals surface area (Å²) in [5.41, 5.74) is 0.169. The third kappa shape index (κ3) is 4.99. The number of carbonyl (C=O) groups is 1. The number of amides is 2. The molecule has 2 aromatic carbocycles. The number of urea groups is 1. The van der Waals surface area contributed by atoms with Crippen molar-refractivity contribution in [3.63, 3.8) is 0 Å². The van der Waals surface area contributed by atoms with Crippen LogP contribution in [0.4, 0.5) is 25.0 Å². The second-order valence-electron chi connectivity index (χ2n) is 6.39. The molecule has 0 fully saturated rings. The minimum Gasteiger partial charge on any atom is -0.439 e. The quantitative estimate of drug-likeness (QED) is 0.487. The number of carbonyl (C=O) groups excluding carboxylic acids is 1. The van der Waals surface area contributed by atoms with E-state index in [9.17, 15) is 13.6 Å². The highest BCUT2D eigenvalue weighted by atomic mass is 19.1. The number of aromatic nitrogens is 4. The molecule has 8 nitrogen and oxygen atoms in total. The van der Waals surface area contributed by atoms with Gasteiger partial charge in [-0.15, -0.1) is 0 Å². The summed E-state index contributed by atoms with van der Waals surface area (Å²) in [5, 5.41) is 8.93. The molecular weight excluding hydrogens is 406 g/mol. The number of anilines is 2. The summed E-state index contributed by atoms with van der Waals surface area (Å²) in [6, 6.07) is 12.0. The molecule has 0 aliphatic carbocycles. The Labute approximate surface area is 175 Å². The molecule has 0 saturated carbocycles. The van der Waals surface area contributed by atoms with E-state index in [0.717, 1.165) is 18.2 Å². The van der Waals surface area contributed by atoms with Gasteiger partial charge in [0.15, 0.2) is 5.82 Å². The summed E-state index contributed by atoms with van der Waals surface area (Å²) < 4.78 is 34.2. The monoisotopic (exact) mass is 422 g/mol. The molecule has 4 aromatic rings. The normalized spacial score (nSPS) is 10.5. The van der Waals surface area contributed by atoms with Crippen molar-refractivity contribution in [3.05, 3.63) is 84.4 Å². The lowest BCUT2D eigenvalue weighted by molar-refractivity contribution is 0.262. The lowest BCUT2D eigenvalue weighted by Gasteiger charge is -2.10. The van der Waals surface area contributed by atoms with Gasteiger partial charge in [-0.3, -0.25) is 0 Å². The van der Waals surface area contributed by atoms with Crippen molar-refractivity contribution >= 4 is 17.4 Å². The third-order valence-corrected chi connectivity index (χ3v) is 4.05. The van der Waals surface area contributed by atoms with Crippen molar-refractivity contribution in [2.24, 2.45) is 0 Å². The molecule has 2 aromatic heterocycles. The van der Waals surface area contributed by atoms with Gasteiger partial charge in [0.25, 0.3) is 0 Å². The standard InChI is InChI=1S/C21H16F2N6O2/c1-13-25-19(29-10-2-9-24-29)12-20(26-13)31-16-6-4-15(5-7-16)27-21(30)28-18-11-14(22)3-8-17(18)23/h2-12H,1H3,(H2,27,28,30). The lowest BCUT2D eigenvalue weighted by atomic mass is 10.3. The van der Waals surface area contributed by atoms with E-state index in [4.69, 9.17) is 4.74 Å². The Morgan fingerprint density at radius 3 is 2.58 bits per heavy atom. The molecule has 0 atom stereocenters. The fraction of sp³-hybridized carbons (Fsp3) is 0.0476. The minimum absolute atomic E-state index is 0.260. The maximum Gasteiger partial charge on any atom is 0.323 e. The number of nitrogens with one attached hydrogen (secondary N) is 2. The summed E-state index contributed by atoms with van der Waals surface area (Å²) in [7, 11) is 0. The number of aryl methyl sites for hydroxylation is 1. The molecule has 10 heteroatoms. The Kier molecular flexibility index (Phi) is 5.52. The molecule has 0 aliphatic heterocycles. The van der Waals surface area contributed by atoms with E-state index in [-0.39, 0.29) is 5.69 Å². The number of nitrogens with zero attached hydrogens (tertiary/aromatic N) is 4. The van der Waals surface area contributed by atoms with E-state index in [1.807, 2.05) is 0 Å². The van der Waals surface area contributed by atoms with Crippen molar-refractivity contribution < 1.29 is 18.3 Å². The maximum atomic E-state index is 13.6. The van der Waals surface area contributed by atoms with Crippen LogP contribution in [0.25, 0.3) is 5.82 Å². The number of halogens is 2. The molecule has 31 heavy (non-hydrogen) atoms. The van der Waals surface area contributed by atoms with E-state index < -0.39 is 17.7 Å². The smallest absolute Gasteiger partial charge is 0.323 e. The van der Waals surface area contributed by atoms with Gasteiger partial charge >= 0.3 is 6.03 Å². The summed E-state index contributed by atoms with van der Waals surface area (Å²) in [5.74, 6) is 0.489. The Morgan fingerprint density at radius 1 is 1.03 bits per heavy atom. The molecule has 2 heterocycles. The van der Waals surface area contributed by atoms with Crippen LogP contribution in [-0.2, 0) is 0 Å². The Morgan fingerprint density at radius 2 is 1.84 bits per heavy atom. The largest absolute Gasteiger partial charge is 0.439 e. The van der Waals surface area contributed by atoms with Crippen molar-refractivity contribution in [3.8, 4) is 17.4 Å². The second-order valence-corrected chi connectivity index (χ2v) is 6.39. The molecule has 2 N–H and O–H groups in total. The molecule has 0 bridgehead atoms. The van der Waals surface area contributed by atoms with Crippen LogP contribution in [0.3, 0.4) is 0 Å². The molecule has 2 amide bonds. The number of benzene rings is 2. The van der Waals surface area contributed by atoms with Gasteiger partial charge in [0.05, 0.1) is 5.69 Å². The fourth-order valence-electron chi connectivity index (χ4n) is 2.70. The molecule has 0 saturated heterocycles. The zero-order valence-electron chi connectivity index (χ0n) is 16.2. The van der Waals surface area contributed by atoms with Crippen LogP contribution >= 0.6 is 0 Å². The van der Waals surface area contributed by atoms with Gasteiger partial charge in [-0.2, -0.15) is 10.1 Å². The van der Waals surface area contributed by atoms with Gasteiger partial charge < -0.3 is 15.4 Å². The average Bonchev–Trinajstić information content (AvgIpc) is 3.27. The summed E-state index contributed by atoms with van der Waals surface area (Å²) in [4.78, 5) is 20.6. The van der Waals surface area contributed by atoms with Crippen molar-refractivity contribution in [2.75, 3.05) is 10.6 Å². The Hall–Kier alpha value is -4.34. The van der Waals surface area contributed by atoms with E-state index >= 15 is 0 Å². The van der Waals surface area contributed by atoms with Gasteiger partial charge in [-0.1, -0.05) is 0 Å². The van der Waals surface area contributed by atoms with Crippen molar-refractivity contribution in [1.29, 1.82) is 0 Å². The molecule has 4 rings (SSSR count). The molecule has 0 aliphatic rings. The minimum atomic E-state index is -0.741. The maximum absolute atomic E-state index is 13.6.